The molecule has 0 spiro atoms. The van der Waals surface area contributed by atoms with E-state index in [-0.39, 0.29) is 24.8 Å². The van der Waals surface area contributed by atoms with Crippen LogP contribution >= 0.6 is 0 Å². The SMILES string of the molecule is C1CCc2nnnn2CC1.CC(=O)NC[C@H]1CN(c2ccc(N3CCOCC3)c(F)c2)C(=O)O1. The summed E-state index contributed by atoms with van der Waals surface area (Å²) in [4.78, 5) is 26.2. The zero-order chi connectivity index (χ0) is 23.9. The minimum Gasteiger partial charge on any atom is -0.442 e. The minimum atomic E-state index is -0.538. The van der Waals surface area contributed by atoms with Gasteiger partial charge < -0.3 is 19.7 Å². The molecule has 2 fully saturated rings. The maximum atomic E-state index is 14.4. The van der Waals surface area contributed by atoms with Crippen molar-refractivity contribution in [2.75, 3.05) is 49.2 Å². The summed E-state index contributed by atoms with van der Waals surface area (Å²) < 4.78 is 26.8. The van der Waals surface area contributed by atoms with Gasteiger partial charge in [-0.25, -0.2) is 13.9 Å². The topological polar surface area (TPSA) is 115 Å². The Labute approximate surface area is 197 Å². The van der Waals surface area contributed by atoms with Crippen LogP contribution in [0.25, 0.3) is 0 Å². The van der Waals surface area contributed by atoms with Crippen molar-refractivity contribution in [1.29, 1.82) is 0 Å². The molecule has 1 aromatic heterocycles. The molecular formula is C22H30FN7O4. The molecule has 2 saturated heterocycles. The van der Waals surface area contributed by atoms with E-state index in [2.05, 4.69) is 20.8 Å². The van der Waals surface area contributed by atoms with Crippen LogP contribution in [0, 0.1) is 5.82 Å². The Morgan fingerprint density at radius 1 is 1.21 bits per heavy atom. The second kappa shape index (κ2) is 11.2. The van der Waals surface area contributed by atoms with Gasteiger partial charge in [0, 0.05) is 33.0 Å². The molecule has 1 aromatic carbocycles. The Hall–Kier alpha value is -3.28. The van der Waals surface area contributed by atoms with E-state index < -0.39 is 12.2 Å². The normalized spacial score (nSPS) is 20.1. The van der Waals surface area contributed by atoms with Crippen LogP contribution in [0.4, 0.5) is 20.6 Å². The van der Waals surface area contributed by atoms with Crippen molar-refractivity contribution in [2.45, 2.75) is 45.3 Å². The van der Waals surface area contributed by atoms with E-state index in [1.807, 2.05) is 9.58 Å². The van der Waals surface area contributed by atoms with Gasteiger partial charge in [0.05, 0.1) is 37.7 Å². The fourth-order valence-electron chi connectivity index (χ4n) is 4.12. The van der Waals surface area contributed by atoms with Crippen molar-refractivity contribution in [3.63, 3.8) is 0 Å². The lowest BCUT2D eigenvalue weighted by molar-refractivity contribution is -0.119. The number of aromatic nitrogens is 4. The van der Waals surface area contributed by atoms with Crippen LogP contribution in [-0.2, 0) is 27.2 Å². The number of aryl methyl sites for hydroxylation is 2. The lowest BCUT2D eigenvalue weighted by Crippen LogP contribution is -2.36. The molecule has 3 aliphatic rings. The first-order valence-corrected chi connectivity index (χ1v) is 11.6. The van der Waals surface area contributed by atoms with Crippen molar-refractivity contribution in [2.24, 2.45) is 0 Å². The standard InChI is InChI=1S/C16H20FN3O4.C6H10N4/c1-11(21)18-9-13-10-20(16(22)24-13)12-2-3-15(14(17)8-12)19-4-6-23-7-5-19;1-2-4-6-7-8-9-10(6)5-3-1/h2-3,8,13H,4-7,9-10H2,1H3,(H,18,21);1-5H2/t13-;/m0./s1. The van der Waals surface area contributed by atoms with E-state index in [4.69, 9.17) is 9.47 Å². The summed E-state index contributed by atoms with van der Waals surface area (Å²) in [5.74, 6) is 0.482. The number of morpholine rings is 1. The molecule has 11 nitrogen and oxygen atoms in total. The van der Waals surface area contributed by atoms with Crippen molar-refractivity contribution in [1.82, 2.24) is 25.5 Å². The molecule has 0 radical (unpaired) electrons. The summed E-state index contributed by atoms with van der Waals surface area (Å²) in [6, 6.07) is 4.72. The number of benzene rings is 1. The third-order valence-electron chi connectivity index (χ3n) is 5.92. The molecule has 2 aromatic rings. The Bertz CT molecular complexity index is 975. The van der Waals surface area contributed by atoms with Crippen LogP contribution in [0.15, 0.2) is 18.2 Å². The molecular weight excluding hydrogens is 445 g/mol. The highest BCUT2D eigenvalue weighted by atomic mass is 19.1. The quantitative estimate of drug-likeness (QED) is 0.708. The highest BCUT2D eigenvalue weighted by molar-refractivity contribution is 5.90. The number of fused-ring (bicyclic) bond motifs is 1. The van der Waals surface area contributed by atoms with Crippen molar-refractivity contribution < 1.29 is 23.5 Å². The number of tetrazole rings is 1. The van der Waals surface area contributed by atoms with Gasteiger partial charge in [0.2, 0.25) is 5.91 Å². The third-order valence-corrected chi connectivity index (χ3v) is 5.92. The number of hydrogen-bond donors (Lipinski definition) is 1. The maximum Gasteiger partial charge on any atom is 0.414 e. The lowest BCUT2D eigenvalue weighted by Gasteiger charge is -2.29. The van der Waals surface area contributed by atoms with E-state index in [9.17, 15) is 14.0 Å². The second-order valence-electron chi connectivity index (χ2n) is 8.42. The van der Waals surface area contributed by atoms with Gasteiger partial charge in [-0.2, -0.15) is 0 Å². The van der Waals surface area contributed by atoms with Crippen molar-refractivity contribution in [3.8, 4) is 0 Å². The highest BCUT2D eigenvalue weighted by Gasteiger charge is 2.33. The number of amides is 2. The summed E-state index contributed by atoms with van der Waals surface area (Å²) in [7, 11) is 0. The molecule has 1 N–H and O–H groups in total. The molecule has 184 valence electrons. The van der Waals surface area contributed by atoms with Gasteiger partial charge in [0.15, 0.2) is 5.82 Å². The first-order chi connectivity index (χ1) is 16.5. The summed E-state index contributed by atoms with van der Waals surface area (Å²) in [5, 5.41) is 14.0. The minimum absolute atomic E-state index is 0.189. The van der Waals surface area contributed by atoms with E-state index >= 15 is 0 Å². The van der Waals surface area contributed by atoms with Gasteiger partial charge in [-0.1, -0.05) is 6.42 Å². The van der Waals surface area contributed by atoms with Gasteiger partial charge in [-0.3, -0.25) is 9.69 Å². The van der Waals surface area contributed by atoms with E-state index in [0.717, 1.165) is 18.8 Å². The van der Waals surface area contributed by atoms with Crippen LogP contribution in [0.3, 0.4) is 0 Å². The molecule has 0 aliphatic carbocycles. The average molecular weight is 476 g/mol. The Morgan fingerprint density at radius 3 is 2.79 bits per heavy atom. The highest BCUT2D eigenvalue weighted by Crippen LogP contribution is 2.28. The molecule has 3 aliphatic heterocycles. The molecule has 0 saturated carbocycles. The Morgan fingerprint density at radius 2 is 2.03 bits per heavy atom. The number of rotatable bonds is 4. The zero-order valence-electron chi connectivity index (χ0n) is 19.3. The summed E-state index contributed by atoms with van der Waals surface area (Å²) >= 11 is 0. The number of anilines is 2. The molecule has 0 unspecified atom stereocenters. The van der Waals surface area contributed by atoms with Gasteiger partial charge in [-0.15, -0.1) is 5.10 Å². The van der Waals surface area contributed by atoms with E-state index in [1.165, 1.54) is 37.2 Å². The molecule has 2 amide bonds. The fourth-order valence-corrected chi connectivity index (χ4v) is 4.12. The Balaban J connectivity index is 0.000000226. The van der Waals surface area contributed by atoms with E-state index in [1.54, 1.807) is 12.1 Å². The van der Waals surface area contributed by atoms with Gasteiger partial charge in [0.1, 0.15) is 11.9 Å². The Kier molecular flexibility index (Phi) is 7.88. The number of cyclic esters (lactones) is 1. The maximum absolute atomic E-state index is 14.4. The number of nitrogens with one attached hydrogen (secondary N) is 1. The zero-order valence-corrected chi connectivity index (χ0v) is 19.3. The van der Waals surface area contributed by atoms with Crippen LogP contribution < -0.4 is 15.1 Å². The number of halogens is 1. The fraction of sp³-hybridized carbons (Fsp3) is 0.591. The number of hydrogen-bond acceptors (Lipinski definition) is 8. The predicted molar refractivity (Wildman–Crippen MR) is 121 cm³/mol. The molecule has 4 heterocycles. The van der Waals surface area contributed by atoms with Crippen LogP contribution in [-0.4, -0.2) is 77.7 Å². The van der Waals surface area contributed by atoms with Crippen LogP contribution in [0.2, 0.25) is 0 Å². The number of carbonyl (C=O) groups excluding carboxylic acids is 2. The molecule has 0 bridgehead atoms. The lowest BCUT2D eigenvalue weighted by atomic mass is 10.2. The molecule has 1 atom stereocenters. The first-order valence-electron chi connectivity index (χ1n) is 11.6. The average Bonchev–Trinajstić information content (AvgIpc) is 3.38. The van der Waals surface area contributed by atoms with Crippen molar-refractivity contribution in [3.05, 3.63) is 29.8 Å². The third kappa shape index (κ3) is 5.99. The number of nitrogens with zero attached hydrogens (tertiary/aromatic N) is 6. The summed E-state index contributed by atoms with van der Waals surface area (Å²) in [5.41, 5.74) is 0.948. The monoisotopic (exact) mass is 475 g/mol. The summed E-state index contributed by atoms with van der Waals surface area (Å²) in [6.45, 7) is 5.34. The van der Waals surface area contributed by atoms with Gasteiger partial charge in [-0.05, 0) is 41.5 Å². The second-order valence-corrected chi connectivity index (χ2v) is 8.42. The number of ether oxygens (including phenoxy) is 2. The summed E-state index contributed by atoms with van der Waals surface area (Å²) in [6.07, 6.45) is 3.82. The first kappa shape index (κ1) is 23.9. The van der Waals surface area contributed by atoms with Gasteiger partial charge >= 0.3 is 6.09 Å². The smallest absolute Gasteiger partial charge is 0.414 e. The largest absolute Gasteiger partial charge is 0.442 e. The molecule has 34 heavy (non-hydrogen) atoms. The van der Waals surface area contributed by atoms with Crippen molar-refractivity contribution >= 4 is 23.4 Å². The van der Waals surface area contributed by atoms with E-state index in [0.29, 0.717) is 37.7 Å². The number of carbonyl (C=O) groups is 2. The van der Waals surface area contributed by atoms with Gasteiger partial charge in [0.25, 0.3) is 0 Å². The van der Waals surface area contributed by atoms with Crippen LogP contribution in [0.5, 0.6) is 0 Å². The molecule has 12 heteroatoms. The predicted octanol–water partition coefficient (Wildman–Crippen LogP) is 1.52. The molecule has 5 rings (SSSR count). The van der Waals surface area contributed by atoms with Crippen LogP contribution in [0.1, 0.15) is 32.0 Å².